The van der Waals surface area contributed by atoms with E-state index < -0.39 is 24.0 Å². The molecule has 0 aromatic heterocycles. The van der Waals surface area contributed by atoms with Crippen molar-refractivity contribution in [1.29, 1.82) is 0 Å². The van der Waals surface area contributed by atoms with Gasteiger partial charge in [-0.15, -0.1) is 12.4 Å². The van der Waals surface area contributed by atoms with E-state index in [0.29, 0.717) is 13.0 Å². The highest BCUT2D eigenvalue weighted by atomic mass is 35.5. The Labute approximate surface area is 249 Å². The van der Waals surface area contributed by atoms with Crippen molar-refractivity contribution in [2.45, 2.75) is 77.9 Å². The van der Waals surface area contributed by atoms with Crippen molar-refractivity contribution in [3.05, 3.63) is 65.0 Å². The first-order valence-electron chi connectivity index (χ1n) is 13.8. The Bertz CT molecular complexity index is 1170. The summed E-state index contributed by atoms with van der Waals surface area (Å²) in [6, 6.07) is 8.82. The van der Waals surface area contributed by atoms with Gasteiger partial charge in [0.1, 0.15) is 23.7 Å². The van der Waals surface area contributed by atoms with Crippen LogP contribution in [0.25, 0.3) is 0 Å². The van der Waals surface area contributed by atoms with Crippen LogP contribution in [0.5, 0.6) is 5.75 Å². The molecule has 4 N–H and O–H groups in total. The standard InChI is InChI=1S/C31H45FN4O4.ClH/c1-9-34-28(38)24(18-21-12-15-26(37)23(16-21)31(4,5)6)35-29(39)27(19(2)3)36(8)30(40)25(33-7)17-20-10-13-22(32)14-11-20;/h10-16,19,24-25,27,33,37H,9,17-18H2,1-8H3,(H,34,38)(H,35,39);1H/t24-,25-,27-;/m0./s1. The SMILES string of the molecule is CCNC(=O)[C@H](Cc1ccc(O)c(C(C)(C)C)c1)NC(=O)[C@H](C(C)C)N(C)C(=O)[C@H](Cc1ccc(F)cc1)NC.Cl. The van der Waals surface area contributed by atoms with Gasteiger partial charge in [-0.2, -0.15) is 0 Å². The molecule has 2 rings (SSSR count). The lowest BCUT2D eigenvalue weighted by Crippen LogP contribution is -2.58. The Morgan fingerprint density at radius 1 is 0.951 bits per heavy atom. The third-order valence-corrected chi connectivity index (χ3v) is 6.96. The van der Waals surface area contributed by atoms with E-state index in [1.807, 2.05) is 40.7 Å². The van der Waals surface area contributed by atoms with Crippen molar-refractivity contribution >= 4 is 30.1 Å². The number of hydrogen-bond donors (Lipinski definition) is 4. The molecule has 0 aliphatic heterocycles. The number of likely N-dealkylation sites (N-methyl/N-ethyl adjacent to an activating group) is 3. The number of carbonyl (C=O) groups excluding carboxylic acids is 3. The lowest BCUT2D eigenvalue weighted by atomic mass is 9.84. The highest BCUT2D eigenvalue weighted by Gasteiger charge is 2.35. The number of rotatable bonds is 12. The Morgan fingerprint density at radius 2 is 1.51 bits per heavy atom. The van der Waals surface area contributed by atoms with Gasteiger partial charge in [0.2, 0.25) is 17.7 Å². The molecular formula is C31H46ClFN4O4. The molecule has 2 aromatic rings. The summed E-state index contributed by atoms with van der Waals surface area (Å²) < 4.78 is 13.3. The van der Waals surface area contributed by atoms with Crippen LogP contribution in [0, 0.1) is 11.7 Å². The molecule has 8 nitrogen and oxygen atoms in total. The zero-order valence-corrected chi connectivity index (χ0v) is 26.2. The van der Waals surface area contributed by atoms with E-state index in [1.165, 1.54) is 17.0 Å². The zero-order valence-electron chi connectivity index (χ0n) is 25.4. The number of nitrogens with one attached hydrogen (secondary N) is 3. The van der Waals surface area contributed by atoms with Crippen LogP contribution in [0.1, 0.15) is 58.2 Å². The summed E-state index contributed by atoms with van der Waals surface area (Å²) in [6.45, 7) is 11.9. The summed E-state index contributed by atoms with van der Waals surface area (Å²) in [7, 11) is 3.25. The molecule has 0 aliphatic rings. The van der Waals surface area contributed by atoms with Crippen LogP contribution in [0.4, 0.5) is 4.39 Å². The first-order chi connectivity index (χ1) is 18.7. The van der Waals surface area contributed by atoms with Gasteiger partial charge in [0.05, 0.1) is 6.04 Å². The number of amides is 3. The second kappa shape index (κ2) is 15.7. The van der Waals surface area contributed by atoms with Crippen LogP contribution >= 0.6 is 12.4 Å². The van der Waals surface area contributed by atoms with Gasteiger partial charge >= 0.3 is 0 Å². The molecule has 2 aromatic carbocycles. The van der Waals surface area contributed by atoms with Crippen molar-refractivity contribution in [3.8, 4) is 5.75 Å². The number of benzene rings is 2. The summed E-state index contributed by atoms with van der Waals surface area (Å²) in [6.07, 6.45) is 0.540. The lowest BCUT2D eigenvalue weighted by Gasteiger charge is -2.34. The zero-order chi connectivity index (χ0) is 30.2. The van der Waals surface area contributed by atoms with E-state index in [4.69, 9.17) is 0 Å². The topological polar surface area (TPSA) is 111 Å². The minimum absolute atomic E-state index is 0. The van der Waals surface area contributed by atoms with E-state index in [2.05, 4.69) is 16.0 Å². The maximum atomic E-state index is 13.6. The third-order valence-electron chi connectivity index (χ3n) is 6.96. The second-order valence-corrected chi connectivity index (χ2v) is 11.6. The van der Waals surface area contributed by atoms with Crippen molar-refractivity contribution < 1.29 is 23.9 Å². The fraction of sp³-hybridized carbons (Fsp3) is 0.516. The number of hydrogen-bond acceptors (Lipinski definition) is 5. The highest BCUT2D eigenvalue weighted by molar-refractivity contribution is 5.93. The van der Waals surface area contributed by atoms with Gasteiger partial charge in [0.15, 0.2) is 0 Å². The maximum Gasteiger partial charge on any atom is 0.243 e. The van der Waals surface area contributed by atoms with Crippen molar-refractivity contribution in [3.63, 3.8) is 0 Å². The number of nitrogens with zero attached hydrogens (tertiary/aromatic N) is 1. The maximum absolute atomic E-state index is 13.6. The molecule has 0 fully saturated rings. The fourth-order valence-electron chi connectivity index (χ4n) is 4.79. The van der Waals surface area contributed by atoms with Crippen LogP contribution in [0.15, 0.2) is 42.5 Å². The predicted molar refractivity (Wildman–Crippen MR) is 163 cm³/mol. The van der Waals surface area contributed by atoms with Gasteiger partial charge in [-0.25, -0.2) is 4.39 Å². The van der Waals surface area contributed by atoms with E-state index in [1.54, 1.807) is 45.3 Å². The Balaban J connectivity index is 0.00000840. The van der Waals surface area contributed by atoms with E-state index in [9.17, 15) is 23.9 Å². The summed E-state index contributed by atoms with van der Waals surface area (Å²) in [4.78, 5) is 41.6. The molecule has 0 heterocycles. The number of carbonyl (C=O) groups is 3. The predicted octanol–water partition coefficient (Wildman–Crippen LogP) is 3.73. The van der Waals surface area contributed by atoms with Crippen LogP contribution in [0.2, 0.25) is 0 Å². The molecule has 3 atom stereocenters. The molecule has 0 saturated carbocycles. The Hall–Kier alpha value is -3.17. The summed E-state index contributed by atoms with van der Waals surface area (Å²) >= 11 is 0. The van der Waals surface area contributed by atoms with E-state index in [-0.39, 0.29) is 53.5 Å². The summed E-state index contributed by atoms with van der Waals surface area (Å²) in [5.74, 6) is -1.48. The fourth-order valence-corrected chi connectivity index (χ4v) is 4.79. The highest BCUT2D eigenvalue weighted by Crippen LogP contribution is 2.31. The molecule has 41 heavy (non-hydrogen) atoms. The molecule has 0 spiro atoms. The molecule has 0 unspecified atom stereocenters. The minimum atomic E-state index is -0.881. The number of phenolic OH excluding ortho intramolecular Hbond substituents is 1. The van der Waals surface area contributed by atoms with Gasteiger partial charge in [-0.1, -0.05) is 58.9 Å². The van der Waals surface area contributed by atoms with Crippen LogP contribution in [-0.4, -0.2) is 66.5 Å². The quantitative estimate of drug-likeness (QED) is 0.300. The molecule has 0 radical (unpaired) electrons. The van der Waals surface area contributed by atoms with Gasteiger partial charge in [0, 0.05) is 20.0 Å². The largest absolute Gasteiger partial charge is 0.508 e. The van der Waals surface area contributed by atoms with Crippen LogP contribution in [0.3, 0.4) is 0 Å². The average molecular weight is 593 g/mol. The van der Waals surface area contributed by atoms with E-state index in [0.717, 1.165) is 16.7 Å². The van der Waals surface area contributed by atoms with E-state index >= 15 is 0 Å². The Morgan fingerprint density at radius 3 is 2.02 bits per heavy atom. The smallest absolute Gasteiger partial charge is 0.243 e. The molecular weight excluding hydrogens is 547 g/mol. The number of aromatic hydroxyl groups is 1. The number of phenols is 1. The summed E-state index contributed by atoms with van der Waals surface area (Å²) in [5, 5.41) is 19.0. The van der Waals surface area contributed by atoms with Gasteiger partial charge < -0.3 is 26.0 Å². The number of halogens is 2. The molecule has 0 bridgehead atoms. The van der Waals surface area contributed by atoms with Gasteiger partial charge in [-0.05, 0) is 66.6 Å². The van der Waals surface area contributed by atoms with Crippen LogP contribution in [-0.2, 0) is 32.6 Å². The third kappa shape index (κ3) is 10.0. The first-order valence-corrected chi connectivity index (χ1v) is 13.8. The Kier molecular flexibility index (Phi) is 13.8. The minimum Gasteiger partial charge on any atom is -0.508 e. The molecule has 228 valence electrons. The molecule has 0 aliphatic carbocycles. The average Bonchev–Trinajstić information content (AvgIpc) is 2.87. The molecule has 10 heteroatoms. The monoisotopic (exact) mass is 592 g/mol. The summed E-state index contributed by atoms with van der Waals surface area (Å²) in [5.41, 5.74) is 2.01. The first kappa shape index (κ1) is 35.9. The van der Waals surface area contributed by atoms with Crippen molar-refractivity contribution in [2.75, 3.05) is 20.6 Å². The van der Waals surface area contributed by atoms with Crippen molar-refractivity contribution in [2.24, 2.45) is 5.92 Å². The lowest BCUT2D eigenvalue weighted by molar-refractivity contribution is -0.142. The van der Waals surface area contributed by atoms with Gasteiger partial charge in [-0.3, -0.25) is 14.4 Å². The van der Waals surface area contributed by atoms with Crippen molar-refractivity contribution in [1.82, 2.24) is 20.9 Å². The second-order valence-electron chi connectivity index (χ2n) is 11.6. The molecule has 3 amide bonds. The normalized spacial score (nSPS) is 13.5. The molecule has 0 saturated heterocycles. The van der Waals surface area contributed by atoms with Gasteiger partial charge in [0.25, 0.3) is 0 Å². The van der Waals surface area contributed by atoms with Crippen LogP contribution < -0.4 is 16.0 Å².